The van der Waals surface area contributed by atoms with Crippen molar-refractivity contribution in [2.75, 3.05) is 0 Å². The summed E-state index contributed by atoms with van der Waals surface area (Å²) in [5.41, 5.74) is 1.99. The van der Waals surface area contributed by atoms with Crippen molar-refractivity contribution in [2.24, 2.45) is 10.9 Å². The summed E-state index contributed by atoms with van der Waals surface area (Å²) in [6.07, 6.45) is 0. The second-order valence-electron chi connectivity index (χ2n) is 2.79. The summed E-state index contributed by atoms with van der Waals surface area (Å²) in [6.45, 7) is 4.56. The van der Waals surface area contributed by atoms with Gasteiger partial charge in [0.2, 0.25) is 0 Å². The molecule has 1 saturated carbocycles. The lowest BCUT2D eigenvalue weighted by Gasteiger charge is -1.97. The lowest BCUT2D eigenvalue weighted by Crippen LogP contribution is -1.96. The maximum Gasteiger partial charge on any atom is 0.0696 e. The molecular formula is C6H9NS. The quantitative estimate of drug-likeness (QED) is 0.481. The molecule has 2 rings (SSSR count). The van der Waals surface area contributed by atoms with Crippen molar-refractivity contribution in [3.05, 3.63) is 0 Å². The van der Waals surface area contributed by atoms with Crippen LogP contribution in [0.2, 0.25) is 0 Å². The summed E-state index contributed by atoms with van der Waals surface area (Å²) < 4.78 is 0.514. The number of nitrogens with zero attached hydrogens (tertiary/aromatic N) is 1. The first-order valence-corrected chi connectivity index (χ1v) is 3.82. The van der Waals surface area contributed by atoms with Gasteiger partial charge in [-0.3, -0.25) is 4.99 Å². The summed E-state index contributed by atoms with van der Waals surface area (Å²) >= 11 is 1.89. The van der Waals surface area contributed by atoms with Crippen LogP contribution in [0.4, 0.5) is 0 Å². The van der Waals surface area contributed by atoms with Crippen molar-refractivity contribution < 1.29 is 0 Å². The zero-order valence-electron chi connectivity index (χ0n) is 5.09. The van der Waals surface area contributed by atoms with E-state index in [-0.39, 0.29) is 0 Å². The van der Waals surface area contributed by atoms with E-state index in [0.717, 1.165) is 5.92 Å². The van der Waals surface area contributed by atoms with Gasteiger partial charge < -0.3 is 0 Å². The van der Waals surface area contributed by atoms with Gasteiger partial charge in [0.25, 0.3) is 0 Å². The van der Waals surface area contributed by atoms with Crippen LogP contribution in [0.25, 0.3) is 0 Å². The van der Waals surface area contributed by atoms with Crippen molar-refractivity contribution in [3.8, 4) is 0 Å². The lowest BCUT2D eigenvalue weighted by molar-refractivity contribution is 0.870. The summed E-state index contributed by atoms with van der Waals surface area (Å²) in [6, 6.07) is 0.660. The van der Waals surface area contributed by atoms with Crippen molar-refractivity contribution in [3.63, 3.8) is 0 Å². The third-order valence-corrected chi connectivity index (χ3v) is 3.73. The average molecular weight is 127 g/mol. The van der Waals surface area contributed by atoms with Gasteiger partial charge in [-0.25, -0.2) is 0 Å². The minimum absolute atomic E-state index is 0.514. The Morgan fingerprint density at radius 2 is 2.50 bits per heavy atom. The van der Waals surface area contributed by atoms with Gasteiger partial charge >= 0.3 is 0 Å². The molecular weight excluding hydrogens is 118 g/mol. The first kappa shape index (κ1) is 4.86. The average Bonchev–Trinajstić information content (AvgIpc) is 2.23. The van der Waals surface area contributed by atoms with Crippen LogP contribution >= 0.6 is 11.8 Å². The monoisotopic (exact) mass is 127 g/mol. The molecule has 1 aliphatic carbocycles. The highest BCUT2D eigenvalue weighted by molar-refractivity contribution is 8.13. The van der Waals surface area contributed by atoms with Gasteiger partial charge in [0, 0.05) is 4.75 Å². The van der Waals surface area contributed by atoms with Gasteiger partial charge in [-0.05, 0) is 12.8 Å². The van der Waals surface area contributed by atoms with E-state index in [9.17, 15) is 0 Å². The normalized spacial score (nSPS) is 58.8. The minimum atomic E-state index is 0.514. The molecule has 0 saturated heterocycles. The number of thioether (sulfide) groups is 1. The third kappa shape index (κ3) is 0.343. The SMILES string of the molecule is CC1C2N=CS[C@]12C. The smallest absolute Gasteiger partial charge is 0.0696 e. The highest BCUT2D eigenvalue weighted by Gasteiger charge is 2.61. The van der Waals surface area contributed by atoms with E-state index in [4.69, 9.17) is 0 Å². The van der Waals surface area contributed by atoms with E-state index in [2.05, 4.69) is 18.8 Å². The summed E-state index contributed by atoms with van der Waals surface area (Å²) in [7, 11) is 0. The van der Waals surface area contributed by atoms with Crippen LogP contribution in [-0.4, -0.2) is 16.3 Å². The van der Waals surface area contributed by atoms with E-state index >= 15 is 0 Å². The fourth-order valence-corrected chi connectivity index (χ4v) is 2.43. The molecule has 2 aliphatic rings. The Balaban J connectivity index is 2.27. The molecule has 2 unspecified atom stereocenters. The number of aliphatic imine (C=N–C) groups is 1. The predicted octanol–water partition coefficient (Wildman–Crippen LogP) is 1.54. The third-order valence-electron chi connectivity index (χ3n) is 2.38. The van der Waals surface area contributed by atoms with Crippen LogP contribution in [0.5, 0.6) is 0 Å². The first-order chi connectivity index (χ1) is 3.75. The van der Waals surface area contributed by atoms with Gasteiger partial charge in [-0.1, -0.05) is 6.92 Å². The van der Waals surface area contributed by atoms with Crippen LogP contribution < -0.4 is 0 Å². The minimum Gasteiger partial charge on any atom is -0.281 e. The number of hydrogen-bond donors (Lipinski definition) is 0. The van der Waals surface area contributed by atoms with Crippen molar-refractivity contribution in [1.82, 2.24) is 0 Å². The van der Waals surface area contributed by atoms with Gasteiger partial charge in [-0.2, -0.15) is 0 Å². The van der Waals surface area contributed by atoms with Crippen molar-refractivity contribution >= 4 is 17.3 Å². The van der Waals surface area contributed by atoms with Crippen LogP contribution in [0.15, 0.2) is 4.99 Å². The summed E-state index contributed by atoms with van der Waals surface area (Å²) in [5, 5.41) is 0. The second-order valence-corrected chi connectivity index (χ2v) is 4.12. The van der Waals surface area contributed by atoms with Gasteiger partial charge in [0.1, 0.15) is 0 Å². The molecule has 44 valence electrons. The predicted molar refractivity (Wildman–Crippen MR) is 37.4 cm³/mol. The molecule has 2 heteroatoms. The number of hydrogen-bond acceptors (Lipinski definition) is 2. The van der Waals surface area contributed by atoms with Crippen molar-refractivity contribution in [2.45, 2.75) is 24.6 Å². The molecule has 3 atom stereocenters. The topological polar surface area (TPSA) is 12.4 Å². The van der Waals surface area contributed by atoms with E-state index in [1.165, 1.54) is 0 Å². The Labute approximate surface area is 53.6 Å². The molecule has 0 aromatic rings. The molecule has 8 heavy (non-hydrogen) atoms. The molecule has 0 N–H and O–H groups in total. The Morgan fingerprint density at radius 3 is 2.75 bits per heavy atom. The molecule has 0 amide bonds. The van der Waals surface area contributed by atoms with Crippen LogP contribution in [-0.2, 0) is 0 Å². The Morgan fingerprint density at radius 1 is 1.75 bits per heavy atom. The van der Waals surface area contributed by atoms with Crippen LogP contribution in [0.1, 0.15) is 13.8 Å². The van der Waals surface area contributed by atoms with Gasteiger partial charge in [-0.15, -0.1) is 11.8 Å². The highest BCUT2D eigenvalue weighted by Crippen LogP contribution is 2.58. The molecule has 0 bridgehead atoms. The summed E-state index contributed by atoms with van der Waals surface area (Å²) in [4.78, 5) is 4.30. The maximum absolute atomic E-state index is 4.30. The van der Waals surface area contributed by atoms with Gasteiger partial charge in [0.15, 0.2) is 0 Å². The molecule has 1 aliphatic heterocycles. The Bertz CT molecular complexity index is 155. The zero-order chi connectivity index (χ0) is 5.78. The molecule has 1 heterocycles. The zero-order valence-corrected chi connectivity index (χ0v) is 5.90. The van der Waals surface area contributed by atoms with Crippen LogP contribution in [0.3, 0.4) is 0 Å². The highest BCUT2D eigenvalue weighted by atomic mass is 32.2. The Kier molecular flexibility index (Phi) is 0.685. The summed E-state index contributed by atoms with van der Waals surface area (Å²) in [5.74, 6) is 0.831. The maximum atomic E-state index is 4.30. The first-order valence-electron chi connectivity index (χ1n) is 2.94. The molecule has 0 aromatic carbocycles. The van der Waals surface area contributed by atoms with E-state index < -0.39 is 0 Å². The van der Waals surface area contributed by atoms with Gasteiger partial charge in [0.05, 0.1) is 11.6 Å². The molecule has 0 aromatic heterocycles. The van der Waals surface area contributed by atoms with Crippen LogP contribution in [0, 0.1) is 5.92 Å². The van der Waals surface area contributed by atoms with Crippen molar-refractivity contribution in [1.29, 1.82) is 0 Å². The lowest BCUT2D eigenvalue weighted by atomic mass is 10.4. The second kappa shape index (κ2) is 1.13. The number of rotatable bonds is 0. The standard InChI is InChI=1S/C6H9NS/c1-4-5-6(4,2)8-3-7-5/h3-5H,1-2H3/t4?,5?,6-/m1/s1. The fourth-order valence-electron chi connectivity index (χ4n) is 1.33. The fraction of sp³-hybridized carbons (Fsp3) is 0.833. The molecule has 1 nitrogen and oxygen atoms in total. The largest absolute Gasteiger partial charge is 0.281 e. The Hall–Kier alpha value is 0.0200. The van der Waals surface area contributed by atoms with E-state index in [0.29, 0.717) is 10.8 Å². The molecule has 0 radical (unpaired) electrons. The number of fused-ring (bicyclic) bond motifs is 1. The van der Waals surface area contributed by atoms with E-state index in [1.54, 1.807) is 0 Å². The van der Waals surface area contributed by atoms with E-state index in [1.807, 2.05) is 17.3 Å². The molecule has 1 fully saturated rings. The molecule has 0 spiro atoms.